The molecule has 0 saturated carbocycles. The summed E-state index contributed by atoms with van der Waals surface area (Å²) < 4.78 is 0. The van der Waals surface area contributed by atoms with Crippen molar-refractivity contribution in [1.82, 2.24) is 0 Å². The van der Waals surface area contributed by atoms with Gasteiger partial charge in [0.1, 0.15) is 0 Å². The maximum Gasteiger partial charge on any atom is 0.0723 e. The Labute approximate surface area is 47.7 Å². The number of hydrogen-bond donors (Lipinski definition) is 0. The molecule has 0 radical (unpaired) electrons. The van der Waals surface area contributed by atoms with Crippen LogP contribution in [0.1, 0.15) is 6.42 Å². The molecule has 7 heavy (non-hydrogen) atoms. The summed E-state index contributed by atoms with van der Waals surface area (Å²) in [7, 11) is 0. The Morgan fingerprint density at radius 2 is 2.57 bits per heavy atom. The molecular weight excluding hydrogens is 110 g/mol. The molecule has 2 heteroatoms. The first-order valence-electron chi connectivity index (χ1n) is 2.22. The van der Waals surface area contributed by atoms with E-state index in [0.29, 0.717) is 0 Å². The molecule has 0 aliphatic carbocycles. The van der Waals surface area contributed by atoms with Crippen LogP contribution in [0.25, 0.3) is 0 Å². The van der Waals surface area contributed by atoms with Gasteiger partial charge in [-0.25, -0.2) is 0 Å². The lowest BCUT2D eigenvalue weighted by atomic mass is 10.3. The quantitative estimate of drug-likeness (QED) is 0.425. The minimum atomic E-state index is 0.130. The Morgan fingerprint density at radius 3 is 2.86 bits per heavy atom. The van der Waals surface area contributed by atoms with Crippen LogP contribution in [0.5, 0.6) is 0 Å². The number of aliphatic imine (C=N–C) groups is 1. The predicted octanol–water partition coefficient (Wildman–Crippen LogP) is 1.58. The van der Waals surface area contributed by atoms with Crippen LogP contribution in [0, 0.1) is 0 Å². The molecule has 0 bridgehead atoms. The Morgan fingerprint density at radius 1 is 1.71 bits per heavy atom. The highest BCUT2D eigenvalue weighted by Crippen LogP contribution is 2.03. The molecule has 0 saturated heterocycles. The molecule has 0 aromatic rings. The highest BCUT2D eigenvalue weighted by molar-refractivity contribution is 6.28. The molecule has 38 valence electrons. The molecule has 0 aromatic carbocycles. The van der Waals surface area contributed by atoms with Crippen molar-refractivity contribution in [3.8, 4) is 0 Å². The second-order valence-corrected chi connectivity index (χ2v) is 2.00. The van der Waals surface area contributed by atoms with E-state index >= 15 is 0 Å². The summed E-state index contributed by atoms with van der Waals surface area (Å²) in [5.41, 5.74) is 0. The first-order chi connectivity index (χ1) is 3.39. The van der Waals surface area contributed by atoms with E-state index in [1.165, 1.54) is 0 Å². The first-order valence-corrected chi connectivity index (χ1v) is 2.65. The van der Waals surface area contributed by atoms with Crippen molar-refractivity contribution in [3.63, 3.8) is 0 Å². The normalized spacial score (nSPS) is 28.4. The van der Waals surface area contributed by atoms with Gasteiger partial charge < -0.3 is 0 Å². The van der Waals surface area contributed by atoms with Crippen molar-refractivity contribution in [2.75, 3.05) is 0 Å². The molecule has 1 aliphatic rings. The van der Waals surface area contributed by atoms with Gasteiger partial charge in [0.25, 0.3) is 0 Å². The largest absolute Gasteiger partial charge is 0.268 e. The predicted molar refractivity (Wildman–Crippen MR) is 31.9 cm³/mol. The van der Waals surface area contributed by atoms with Crippen LogP contribution in [-0.2, 0) is 0 Å². The Kier molecular flexibility index (Phi) is 1.47. The highest BCUT2D eigenvalue weighted by Gasteiger charge is 1.97. The van der Waals surface area contributed by atoms with Crippen LogP contribution in [0.2, 0.25) is 0 Å². The zero-order valence-corrected chi connectivity index (χ0v) is 4.60. The molecule has 1 nitrogen and oxygen atoms in total. The summed E-state index contributed by atoms with van der Waals surface area (Å²) in [6.07, 6.45) is 6.38. The second-order valence-electron chi connectivity index (χ2n) is 1.43. The van der Waals surface area contributed by atoms with E-state index in [2.05, 4.69) is 4.99 Å². The van der Waals surface area contributed by atoms with Gasteiger partial charge in [0, 0.05) is 12.4 Å². The van der Waals surface area contributed by atoms with Crippen molar-refractivity contribution in [1.29, 1.82) is 0 Å². The van der Waals surface area contributed by atoms with Gasteiger partial charge in [-0.2, -0.15) is 0 Å². The van der Waals surface area contributed by atoms with Gasteiger partial charge in [0.15, 0.2) is 0 Å². The molecule has 1 heterocycles. The van der Waals surface area contributed by atoms with Crippen LogP contribution in [-0.4, -0.2) is 11.6 Å². The summed E-state index contributed by atoms with van der Waals surface area (Å²) in [6, 6.07) is 0. The average molecular weight is 116 g/mol. The van der Waals surface area contributed by atoms with Crippen LogP contribution in [0.4, 0.5) is 0 Å². The van der Waals surface area contributed by atoms with E-state index < -0.39 is 0 Å². The number of allylic oxidation sites excluding steroid dienone is 1. The zero-order chi connectivity index (χ0) is 5.11. The van der Waals surface area contributed by atoms with Gasteiger partial charge in [-0.3, -0.25) is 4.99 Å². The van der Waals surface area contributed by atoms with Gasteiger partial charge in [-0.05, 0) is 6.42 Å². The number of nitrogens with zero attached hydrogens (tertiary/aromatic N) is 1. The lowest BCUT2D eigenvalue weighted by Gasteiger charge is -1.98. The molecule has 0 fully saturated rings. The minimum absolute atomic E-state index is 0.130. The van der Waals surface area contributed by atoms with Crippen LogP contribution in [0.15, 0.2) is 17.3 Å². The Hall–Kier alpha value is -0.300. The molecule has 1 rings (SSSR count). The SMILES string of the molecule is ClC1C=NC=CC1. The summed E-state index contributed by atoms with van der Waals surface area (Å²) in [4.78, 5) is 3.82. The summed E-state index contributed by atoms with van der Waals surface area (Å²) in [6.45, 7) is 0. The number of alkyl halides is 1. The van der Waals surface area contributed by atoms with E-state index in [1.807, 2.05) is 6.08 Å². The molecular formula is C5H6ClN. The Balaban J connectivity index is 2.49. The lowest BCUT2D eigenvalue weighted by molar-refractivity contribution is 1.09. The lowest BCUT2D eigenvalue weighted by Crippen LogP contribution is -1.99. The fourth-order valence-electron chi connectivity index (χ4n) is 0.456. The second kappa shape index (κ2) is 2.12. The number of halogens is 1. The van der Waals surface area contributed by atoms with Gasteiger partial charge >= 0.3 is 0 Å². The van der Waals surface area contributed by atoms with Crippen molar-refractivity contribution in [2.45, 2.75) is 11.8 Å². The fourth-order valence-corrected chi connectivity index (χ4v) is 0.624. The monoisotopic (exact) mass is 115 g/mol. The maximum absolute atomic E-state index is 5.62. The summed E-state index contributed by atoms with van der Waals surface area (Å²) >= 11 is 5.62. The highest BCUT2D eigenvalue weighted by atomic mass is 35.5. The molecule has 1 aliphatic heterocycles. The third-order valence-electron chi connectivity index (χ3n) is 0.801. The van der Waals surface area contributed by atoms with Crippen molar-refractivity contribution < 1.29 is 0 Å². The third kappa shape index (κ3) is 1.32. The van der Waals surface area contributed by atoms with Gasteiger partial charge in [0.2, 0.25) is 0 Å². The van der Waals surface area contributed by atoms with E-state index in [1.54, 1.807) is 12.4 Å². The van der Waals surface area contributed by atoms with Gasteiger partial charge in [-0.15, -0.1) is 11.6 Å². The Bertz CT molecular complexity index is 107. The van der Waals surface area contributed by atoms with Gasteiger partial charge in [0.05, 0.1) is 5.38 Å². The van der Waals surface area contributed by atoms with Gasteiger partial charge in [-0.1, -0.05) is 6.08 Å². The van der Waals surface area contributed by atoms with Crippen LogP contribution in [0.3, 0.4) is 0 Å². The average Bonchev–Trinajstić information content (AvgIpc) is 1.69. The van der Waals surface area contributed by atoms with Crippen molar-refractivity contribution >= 4 is 17.8 Å². The molecule has 0 amide bonds. The van der Waals surface area contributed by atoms with E-state index in [0.717, 1.165) is 6.42 Å². The summed E-state index contributed by atoms with van der Waals surface area (Å²) in [5, 5.41) is 0.130. The fraction of sp³-hybridized carbons (Fsp3) is 0.400. The minimum Gasteiger partial charge on any atom is -0.268 e. The van der Waals surface area contributed by atoms with E-state index in [-0.39, 0.29) is 5.38 Å². The smallest absolute Gasteiger partial charge is 0.0723 e. The molecule has 1 unspecified atom stereocenters. The third-order valence-corrected chi connectivity index (χ3v) is 1.09. The molecule has 0 spiro atoms. The standard InChI is InChI=1S/C5H6ClN/c6-5-2-1-3-7-4-5/h1,3-5H,2H2. The maximum atomic E-state index is 5.62. The van der Waals surface area contributed by atoms with E-state index in [4.69, 9.17) is 11.6 Å². The van der Waals surface area contributed by atoms with Crippen molar-refractivity contribution in [2.24, 2.45) is 4.99 Å². The number of hydrogen-bond acceptors (Lipinski definition) is 1. The number of rotatable bonds is 0. The molecule has 0 aromatic heterocycles. The molecule has 0 N–H and O–H groups in total. The molecule has 1 atom stereocenters. The van der Waals surface area contributed by atoms with Crippen molar-refractivity contribution in [3.05, 3.63) is 12.3 Å². The van der Waals surface area contributed by atoms with E-state index in [9.17, 15) is 0 Å². The van der Waals surface area contributed by atoms with Crippen LogP contribution >= 0.6 is 11.6 Å². The van der Waals surface area contributed by atoms with Crippen LogP contribution < -0.4 is 0 Å². The first kappa shape index (κ1) is 4.85. The summed E-state index contributed by atoms with van der Waals surface area (Å²) in [5.74, 6) is 0. The topological polar surface area (TPSA) is 12.4 Å². The zero-order valence-electron chi connectivity index (χ0n) is 3.84.